The molecule has 18 heavy (non-hydrogen) atoms. The quantitative estimate of drug-likeness (QED) is 0.912. The SMILES string of the molecule is Cc1ccc(-c2csc(CC(C)CO)n2)cc1C. The molecule has 0 bridgehead atoms. The predicted molar refractivity (Wildman–Crippen MR) is 77.0 cm³/mol. The Morgan fingerprint density at radius 3 is 2.72 bits per heavy atom. The van der Waals surface area contributed by atoms with Crippen LogP contribution in [0.1, 0.15) is 23.1 Å². The minimum absolute atomic E-state index is 0.221. The molecule has 1 N–H and O–H groups in total. The number of aryl methyl sites for hydroxylation is 2. The average Bonchev–Trinajstić information content (AvgIpc) is 2.81. The van der Waals surface area contributed by atoms with Gasteiger partial charge in [-0.1, -0.05) is 19.1 Å². The molecule has 0 aliphatic carbocycles. The lowest BCUT2D eigenvalue weighted by Gasteiger charge is -2.04. The topological polar surface area (TPSA) is 33.1 Å². The van der Waals surface area contributed by atoms with E-state index in [4.69, 9.17) is 5.11 Å². The molecular weight excluding hydrogens is 242 g/mol. The molecule has 3 heteroatoms. The van der Waals surface area contributed by atoms with Crippen molar-refractivity contribution in [3.8, 4) is 11.3 Å². The van der Waals surface area contributed by atoms with Gasteiger partial charge in [0.1, 0.15) is 0 Å². The van der Waals surface area contributed by atoms with E-state index in [1.807, 2.05) is 6.92 Å². The Balaban J connectivity index is 2.21. The Morgan fingerprint density at radius 1 is 1.28 bits per heavy atom. The van der Waals surface area contributed by atoms with E-state index >= 15 is 0 Å². The van der Waals surface area contributed by atoms with Gasteiger partial charge in [0.05, 0.1) is 10.7 Å². The summed E-state index contributed by atoms with van der Waals surface area (Å²) in [4.78, 5) is 4.65. The molecule has 2 rings (SSSR count). The maximum Gasteiger partial charge on any atom is 0.0936 e. The van der Waals surface area contributed by atoms with Gasteiger partial charge in [0.15, 0.2) is 0 Å². The molecule has 2 nitrogen and oxygen atoms in total. The Bertz CT molecular complexity index is 533. The van der Waals surface area contributed by atoms with Crippen molar-refractivity contribution in [1.29, 1.82) is 0 Å². The molecule has 1 unspecified atom stereocenters. The van der Waals surface area contributed by atoms with Crippen LogP contribution in [0.5, 0.6) is 0 Å². The number of aliphatic hydroxyl groups excluding tert-OH is 1. The summed E-state index contributed by atoms with van der Waals surface area (Å²) in [6.45, 7) is 6.50. The van der Waals surface area contributed by atoms with Crippen LogP contribution in [-0.4, -0.2) is 16.7 Å². The molecule has 2 aromatic rings. The van der Waals surface area contributed by atoms with Crippen LogP contribution in [-0.2, 0) is 6.42 Å². The largest absolute Gasteiger partial charge is 0.396 e. The van der Waals surface area contributed by atoms with Gasteiger partial charge >= 0.3 is 0 Å². The molecule has 0 saturated carbocycles. The van der Waals surface area contributed by atoms with Crippen molar-refractivity contribution in [2.45, 2.75) is 27.2 Å². The minimum Gasteiger partial charge on any atom is -0.396 e. The van der Waals surface area contributed by atoms with Gasteiger partial charge in [-0.15, -0.1) is 11.3 Å². The van der Waals surface area contributed by atoms with E-state index in [2.05, 4.69) is 42.4 Å². The van der Waals surface area contributed by atoms with Crippen LogP contribution in [0.4, 0.5) is 0 Å². The number of hydrogen-bond acceptors (Lipinski definition) is 3. The van der Waals surface area contributed by atoms with Crippen molar-refractivity contribution >= 4 is 11.3 Å². The molecule has 1 aromatic heterocycles. The van der Waals surface area contributed by atoms with Gasteiger partial charge in [0, 0.05) is 24.0 Å². The number of benzene rings is 1. The number of thiazole rings is 1. The molecule has 0 radical (unpaired) electrons. The monoisotopic (exact) mass is 261 g/mol. The van der Waals surface area contributed by atoms with Crippen molar-refractivity contribution < 1.29 is 5.11 Å². The van der Waals surface area contributed by atoms with E-state index in [1.54, 1.807) is 11.3 Å². The second kappa shape index (κ2) is 5.63. The summed E-state index contributed by atoms with van der Waals surface area (Å²) >= 11 is 1.68. The Labute approximate surface area is 112 Å². The Hall–Kier alpha value is -1.19. The third-order valence-electron chi connectivity index (χ3n) is 3.19. The molecule has 96 valence electrons. The average molecular weight is 261 g/mol. The van der Waals surface area contributed by atoms with Gasteiger partial charge in [0.2, 0.25) is 0 Å². The fraction of sp³-hybridized carbons (Fsp3) is 0.400. The fourth-order valence-electron chi connectivity index (χ4n) is 1.80. The zero-order valence-electron chi connectivity index (χ0n) is 11.1. The van der Waals surface area contributed by atoms with Gasteiger partial charge in [-0.3, -0.25) is 0 Å². The highest BCUT2D eigenvalue weighted by atomic mass is 32.1. The Morgan fingerprint density at radius 2 is 2.06 bits per heavy atom. The second-order valence-corrected chi connectivity index (χ2v) is 5.86. The van der Waals surface area contributed by atoms with E-state index < -0.39 is 0 Å². The molecule has 0 spiro atoms. The van der Waals surface area contributed by atoms with E-state index in [0.717, 1.165) is 17.1 Å². The molecule has 0 fully saturated rings. The predicted octanol–water partition coefficient (Wildman–Crippen LogP) is 3.60. The molecule has 1 atom stereocenters. The first-order valence-electron chi connectivity index (χ1n) is 6.23. The third-order valence-corrected chi connectivity index (χ3v) is 4.06. The molecular formula is C15H19NOS. The summed E-state index contributed by atoms with van der Waals surface area (Å²) in [6, 6.07) is 6.44. The normalized spacial score (nSPS) is 12.7. The van der Waals surface area contributed by atoms with E-state index in [0.29, 0.717) is 0 Å². The summed E-state index contributed by atoms with van der Waals surface area (Å²) < 4.78 is 0. The van der Waals surface area contributed by atoms with Crippen LogP contribution in [0.25, 0.3) is 11.3 Å². The summed E-state index contributed by atoms with van der Waals surface area (Å²) in [5, 5.41) is 12.3. The maximum absolute atomic E-state index is 9.06. The van der Waals surface area contributed by atoms with Crippen molar-refractivity contribution in [3.05, 3.63) is 39.7 Å². The highest BCUT2D eigenvalue weighted by Crippen LogP contribution is 2.25. The van der Waals surface area contributed by atoms with Crippen LogP contribution < -0.4 is 0 Å². The maximum atomic E-state index is 9.06. The Kier molecular flexibility index (Phi) is 4.15. The van der Waals surface area contributed by atoms with E-state index in [9.17, 15) is 0 Å². The summed E-state index contributed by atoms with van der Waals surface area (Å²) in [5.74, 6) is 0.281. The van der Waals surface area contributed by atoms with Crippen LogP contribution >= 0.6 is 11.3 Å². The van der Waals surface area contributed by atoms with Crippen LogP contribution in [0.2, 0.25) is 0 Å². The summed E-state index contributed by atoms with van der Waals surface area (Å²) in [5.41, 5.74) is 4.83. The lowest BCUT2D eigenvalue weighted by atomic mass is 10.0. The van der Waals surface area contributed by atoms with Crippen molar-refractivity contribution in [1.82, 2.24) is 4.98 Å². The smallest absolute Gasteiger partial charge is 0.0936 e. The number of hydrogen-bond donors (Lipinski definition) is 1. The molecule has 0 saturated heterocycles. The number of nitrogens with zero attached hydrogens (tertiary/aromatic N) is 1. The summed E-state index contributed by atoms with van der Waals surface area (Å²) in [7, 11) is 0. The lowest BCUT2D eigenvalue weighted by Crippen LogP contribution is -2.04. The first-order chi connectivity index (χ1) is 8.60. The summed E-state index contributed by atoms with van der Waals surface area (Å²) in [6.07, 6.45) is 0.853. The van der Waals surface area contributed by atoms with Crippen LogP contribution in [0.15, 0.2) is 23.6 Å². The lowest BCUT2D eigenvalue weighted by molar-refractivity contribution is 0.237. The zero-order valence-corrected chi connectivity index (χ0v) is 11.9. The first kappa shape index (κ1) is 13.2. The minimum atomic E-state index is 0.221. The highest BCUT2D eigenvalue weighted by Gasteiger charge is 2.08. The molecule has 0 amide bonds. The fourth-order valence-corrected chi connectivity index (χ4v) is 2.77. The number of rotatable bonds is 4. The van der Waals surface area contributed by atoms with Crippen LogP contribution in [0, 0.1) is 19.8 Å². The molecule has 0 aliphatic rings. The second-order valence-electron chi connectivity index (χ2n) is 4.92. The van der Waals surface area contributed by atoms with E-state index in [-0.39, 0.29) is 12.5 Å². The van der Waals surface area contributed by atoms with E-state index in [1.165, 1.54) is 16.7 Å². The van der Waals surface area contributed by atoms with Gasteiger partial charge < -0.3 is 5.11 Å². The van der Waals surface area contributed by atoms with Gasteiger partial charge in [-0.25, -0.2) is 4.98 Å². The van der Waals surface area contributed by atoms with Crippen LogP contribution in [0.3, 0.4) is 0 Å². The first-order valence-corrected chi connectivity index (χ1v) is 7.11. The van der Waals surface area contributed by atoms with Gasteiger partial charge in [-0.05, 0) is 37.0 Å². The van der Waals surface area contributed by atoms with Gasteiger partial charge in [-0.2, -0.15) is 0 Å². The highest BCUT2D eigenvalue weighted by molar-refractivity contribution is 7.09. The van der Waals surface area contributed by atoms with Crippen molar-refractivity contribution in [2.24, 2.45) is 5.92 Å². The zero-order chi connectivity index (χ0) is 13.1. The number of aromatic nitrogens is 1. The van der Waals surface area contributed by atoms with Gasteiger partial charge in [0.25, 0.3) is 0 Å². The van der Waals surface area contributed by atoms with Crippen molar-refractivity contribution in [2.75, 3.05) is 6.61 Å². The number of aliphatic hydroxyl groups is 1. The molecule has 0 aliphatic heterocycles. The molecule has 1 heterocycles. The third kappa shape index (κ3) is 2.98. The molecule has 1 aromatic carbocycles. The van der Waals surface area contributed by atoms with Crippen molar-refractivity contribution in [3.63, 3.8) is 0 Å². The standard InChI is InChI=1S/C15H19NOS/c1-10(8-17)6-15-16-14(9-18-15)13-5-4-11(2)12(3)7-13/h4-5,7,9-10,17H,6,8H2,1-3H3.